The minimum absolute atomic E-state index is 0.238. The zero-order valence-corrected chi connectivity index (χ0v) is 18.5. The fraction of sp³-hybridized carbons (Fsp3) is 0.429. The van der Waals surface area contributed by atoms with Crippen molar-refractivity contribution in [2.24, 2.45) is 5.92 Å². The third-order valence-corrected chi connectivity index (χ3v) is 6.23. The number of alkyl halides is 3. The maximum Gasteiger partial charge on any atom is 0.419 e. The summed E-state index contributed by atoms with van der Waals surface area (Å²) < 4.78 is 51.5. The van der Waals surface area contributed by atoms with Crippen molar-refractivity contribution in [3.8, 4) is 11.8 Å². The van der Waals surface area contributed by atoms with E-state index < -0.39 is 17.6 Å². The van der Waals surface area contributed by atoms with Crippen LogP contribution in [0, 0.1) is 23.6 Å². The molecule has 0 atom stereocenters. The average Bonchev–Trinajstić information content (AvgIpc) is 2.77. The van der Waals surface area contributed by atoms with Crippen LogP contribution in [0.3, 0.4) is 0 Å². The van der Waals surface area contributed by atoms with E-state index in [0.717, 1.165) is 44.2 Å². The van der Waals surface area contributed by atoms with Gasteiger partial charge in [0.05, 0.1) is 5.56 Å². The first kappa shape index (κ1) is 24.1. The van der Waals surface area contributed by atoms with Crippen LogP contribution in [0.2, 0.25) is 0 Å². The molecule has 0 nitrogen and oxygen atoms in total. The van der Waals surface area contributed by atoms with E-state index in [1.165, 1.54) is 36.5 Å². The van der Waals surface area contributed by atoms with Gasteiger partial charge in [-0.05, 0) is 85.8 Å². The lowest BCUT2D eigenvalue weighted by Gasteiger charge is -2.27. The third-order valence-electron chi connectivity index (χ3n) is 6.23. The SMILES string of the molecule is CCCCCc1ccc([C@H]2CC[C@H](C=CC#Cc3ccc(C(F)(F)F)c(F)c3)CC2)cc1. The van der Waals surface area contributed by atoms with Crippen molar-refractivity contribution in [1.29, 1.82) is 0 Å². The highest BCUT2D eigenvalue weighted by Crippen LogP contribution is 2.36. The Kier molecular flexibility index (Phi) is 8.56. The Morgan fingerprint density at radius 1 is 0.969 bits per heavy atom. The van der Waals surface area contributed by atoms with Gasteiger partial charge in [0.15, 0.2) is 0 Å². The smallest absolute Gasteiger partial charge is 0.206 e. The summed E-state index contributed by atoms with van der Waals surface area (Å²) in [5.74, 6) is 5.31. The molecule has 2 aromatic carbocycles. The molecule has 32 heavy (non-hydrogen) atoms. The molecule has 0 saturated heterocycles. The van der Waals surface area contributed by atoms with Gasteiger partial charge in [-0.2, -0.15) is 13.2 Å². The molecule has 0 unspecified atom stereocenters. The molecule has 0 N–H and O–H groups in total. The molecular formula is C28H30F4. The van der Waals surface area contributed by atoms with E-state index in [0.29, 0.717) is 11.8 Å². The number of halogens is 4. The second kappa shape index (κ2) is 11.4. The van der Waals surface area contributed by atoms with Crippen LogP contribution in [0.1, 0.15) is 80.0 Å². The number of unbranched alkanes of at least 4 members (excludes halogenated alkanes) is 2. The lowest BCUT2D eigenvalue weighted by Crippen LogP contribution is -2.11. The lowest BCUT2D eigenvalue weighted by atomic mass is 9.78. The molecule has 4 heteroatoms. The summed E-state index contributed by atoms with van der Waals surface area (Å²) in [6.45, 7) is 2.22. The summed E-state index contributed by atoms with van der Waals surface area (Å²) in [6, 6.07) is 11.9. The van der Waals surface area contributed by atoms with Crippen LogP contribution in [-0.2, 0) is 12.6 Å². The number of benzene rings is 2. The maximum atomic E-state index is 13.6. The second-order valence-corrected chi connectivity index (χ2v) is 8.63. The Balaban J connectivity index is 1.48. The standard InChI is InChI=1S/C28H30F4/c1-2-3-4-7-21-10-15-24(16-11-21)25-17-12-22(13-18-25)8-5-6-9-23-14-19-26(27(29)20-23)28(30,31)32/h5,8,10-11,14-16,19-20,22,25H,2-4,7,12-13,17-18H2,1H3/t22-,25-. The average molecular weight is 443 g/mol. The zero-order valence-electron chi connectivity index (χ0n) is 18.5. The van der Waals surface area contributed by atoms with Crippen LogP contribution >= 0.6 is 0 Å². The van der Waals surface area contributed by atoms with E-state index in [-0.39, 0.29) is 5.56 Å². The summed E-state index contributed by atoms with van der Waals surface area (Å²) in [7, 11) is 0. The molecule has 1 fully saturated rings. The Hall–Kier alpha value is -2.54. The molecule has 1 aliphatic carbocycles. The quantitative estimate of drug-likeness (QED) is 0.239. The number of allylic oxidation sites excluding steroid dienone is 2. The highest BCUT2D eigenvalue weighted by atomic mass is 19.4. The van der Waals surface area contributed by atoms with Gasteiger partial charge in [-0.25, -0.2) is 4.39 Å². The van der Waals surface area contributed by atoms with Gasteiger partial charge < -0.3 is 0 Å². The molecule has 0 aliphatic heterocycles. The molecule has 1 saturated carbocycles. The summed E-state index contributed by atoms with van der Waals surface area (Å²) >= 11 is 0. The third kappa shape index (κ3) is 6.99. The van der Waals surface area contributed by atoms with Gasteiger partial charge in [-0.15, -0.1) is 0 Å². The Morgan fingerprint density at radius 2 is 1.69 bits per heavy atom. The fourth-order valence-electron chi connectivity index (χ4n) is 4.31. The van der Waals surface area contributed by atoms with E-state index in [1.807, 2.05) is 0 Å². The Bertz CT molecular complexity index is 950. The highest BCUT2D eigenvalue weighted by Gasteiger charge is 2.33. The predicted molar refractivity (Wildman–Crippen MR) is 122 cm³/mol. The zero-order chi connectivity index (χ0) is 23.0. The molecule has 0 amide bonds. The largest absolute Gasteiger partial charge is 0.419 e. The minimum Gasteiger partial charge on any atom is -0.206 e. The van der Waals surface area contributed by atoms with Crippen LogP contribution in [0.4, 0.5) is 17.6 Å². The lowest BCUT2D eigenvalue weighted by molar-refractivity contribution is -0.140. The first-order valence-corrected chi connectivity index (χ1v) is 11.5. The molecule has 3 rings (SSSR count). The van der Waals surface area contributed by atoms with Crippen LogP contribution < -0.4 is 0 Å². The van der Waals surface area contributed by atoms with E-state index >= 15 is 0 Å². The monoisotopic (exact) mass is 442 g/mol. The van der Waals surface area contributed by atoms with E-state index in [9.17, 15) is 17.6 Å². The molecule has 0 bridgehead atoms. The molecule has 1 aliphatic rings. The van der Waals surface area contributed by atoms with E-state index in [4.69, 9.17) is 0 Å². The van der Waals surface area contributed by atoms with Crippen LogP contribution in [0.25, 0.3) is 0 Å². The molecular weight excluding hydrogens is 412 g/mol. The molecule has 2 aromatic rings. The molecule has 0 spiro atoms. The van der Waals surface area contributed by atoms with Crippen molar-refractivity contribution in [1.82, 2.24) is 0 Å². The van der Waals surface area contributed by atoms with Crippen LogP contribution in [0.15, 0.2) is 54.6 Å². The summed E-state index contributed by atoms with van der Waals surface area (Å²) in [6.07, 6.45) is 8.53. The molecule has 0 heterocycles. The number of hydrogen-bond donors (Lipinski definition) is 0. The van der Waals surface area contributed by atoms with E-state index in [2.05, 4.69) is 49.1 Å². The van der Waals surface area contributed by atoms with Crippen molar-refractivity contribution < 1.29 is 17.6 Å². The molecule has 0 aromatic heterocycles. The van der Waals surface area contributed by atoms with Crippen LogP contribution in [0.5, 0.6) is 0 Å². The summed E-state index contributed by atoms with van der Waals surface area (Å²) in [4.78, 5) is 0. The summed E-state index contributed by atoms with van der Waals surface area (Å²) in [5, 5.41) is 0. The fourth-order valence-corrected chi connectivity index (χ4v) is 4.31. The Labute approximate surface area is 188 Å². The van der Waals surface area contributed by atoms with Gasteiger partial charge in [-0.3, -0.25) is 0 Å². The van der Waals surface area contributed by atoms with E-state index in [1.54, 1.807) is 6.08 Å². The number of hydrogen-bond acceptors (Lipinski definition) is 0. The topological polar surface area (TPSA) is 0 Å². The van der Waals surface area contributed by atoms with Crippen molar-refractivity contribution >= 4 is 0 Å². The second-order valence-electron chi connectivity index (χ2n) is 8.63. The Morgan fingerprint density at radius 3 is 2.31 bits per heavy atom. The minimum atomic E-state index is -4.69. The first-order valence-electron chi connectivity index (χ1n) is 11.5. The normalized spacial score (nSPS) is 19.0. The van der Waals surface area contributed by atoms with Crippen molar-refractivity contribution in [3.63, 3.8) is 0 Å². The van der Waals surface area contributed by atoms with Gasteiger partial charge in [0.2, 0.25) is 0 Å². The van der Waals surface area contributed by atoms with Crippen molar-refractivity contribution in [3.05, 3.63) is 82.7 Å². The van der Waals surface area contributed by atoms with Crippen molar-refractivity contribution in [2.75, 3.05) is 0 Å². The highest BCUT2D eigenvalue weighted by molar-refractivity contribution is 5.40. The van der Waals surface area contributed by atoms with Gasteiger partial charge in [0.25, 0.3) is 0 Å². The molecule has 170 valence electrons. The van der Waals surface area contributed by atoms with Crippen molar-refractivity contribution in [2.45, 2.75) is 70.4 Å². The number of aryl methyl sites for hydroxylation is 1. The van der Waals surface area contributed by atoms with Crippen LogP contribution in [-0.4, -0.2) is 0 Å². The first-order chi connectivity index (χ1) is 15.4. The summed E-state index contributed by atoms with van der Waals surface area (Å²) in [5.41, 5.74) is 1.82. The van der Waals surface area contributed by atoms with Gasteiger partial charge >= 0.3 is 6.18 Å². The van der Waals surface area contributed by atoms with Gasteiger partial charge in [-0.1, -0.05) is 61.9 Å². The maximum absolute atomic E-state index is 13.6. The molecule has 0 radical (unpaired) electrons. The number of rotatable bonds is 6. The van der Waals surface area contributed by atoms with Gasteiger partial charge in [0.1, 0.15) is 5.82 Å². The van der Waals surface area contributed by atoms with Gasteiger partial charge in [0, 0.05) is 5.56 Å². The predicted octanol–water partition coefficient (Wildman–Crippen LogP) is 8.46.